The fourth-order valence-corrected chi connectivity index (χ4v) is 3.68. The van der Waals surface area contributed by atoms with E-state index in [1.165, 1.54) is 6.33 Å². The topological polar surface area (TPSA) is 77.2 Å². The Balaban J connectivity index is 2.05. The second kappa shape index (κ2) is 9.09. The fourth-order valence-electron chi connectivity index (χ4n) is 3.68. The molecule has 0 aliphatic rings. The van der Waals surface area contributed by atoms with Crippen molar-refractivity contribution < 1.29 is 14.6 Å². The van der Waals surface area contributed by atoms with Crippen LogP contribution in [-0.2, 0) is 0 Å². The van der Waals surface area contributed by atoms with Gasteiger partial charge >= 0.3 is 5.97 Å². The molecule has 4 aromatic rings. The van der Waals surface area contributed by atoms with Crippen LogP contribution < -0.4 is 4.74 Å². The molecule has 1 atom stereocenters. The van der Waals surface area contributed by atoms with E-state index in [1.54, 1.807) is 36.3 Å². The molecule has 1 unspecified atom stereocenters. The number of ether oxygens (including phenoxy) is 1. The molecule has 0 fully saturated rings. The summed E-state index contributed by atoms with van der Waals surface area (Å²) in [5.41, 5.74) is 3.35. The van der Waals surface area contributed by atoms with Crippen LogP contribution in [0, 0.1) is 0 Å². The average Bonchev–Trinajstić information content (AvgIpc) is 3.35. The van der Waals surface area contributed by atoms with Crippen molar-refractivity contribution >= 4 is 17.7 Å². The molecule has 0 saturated carbocycles. The maximum absolute atomic E-state index is 12.2. The predicted octanol–water partition coefficient (Wildman–Crippen LogP) is 4.82. The molecule has 6 heteroatoms. The Morgan fingerprint density at radius 3 is 2.32 bits per heavy atom. The molecule has 1 N–H and O–H groups in total. The van der Waals surface area contributed by atoms with Crippen molar-refractivity contribution in [2.45, 2.75) is 5.92 Å². The van der Waals surface area contributed by atoms with Crippen LogP contribution in [0.4, 0.5) is 0 Å². The lowest BCUT2D eigenvalue weighted by atomic mass is 9.84. The number of allylic oxidation sites excluding steroid dienone is 1. The first-order chi connectivity index (χ1) is 15.2. The summed E-state index contributed by atoms with van der Waals surface area (Å²) in [6.45, 7) is 0. The molecule has 31 heavy (non-hydrogen) atoms. The van der Waals surface area contributed by atoms with Crippen LogP contribution in [0.25, 0.3) is 11.8 Å². The van der Waals surface area contributed by atoms with Crippen LogP contribution in [0.3, 0.4) is 0 Å². The van der Waals surface area contributed by atoms with Gasteiger partial charge in [0.25, 0.3) is 0 Å². The van der Waals surface area contributed by atoms with Crippen molar-refractivity contribution in [2.75, 3.05) is 7.11 Å². The lowest BCUT2D eigenvalue weighted by Crippen LogP contribution is -2.15. The molecule has 3 aromatic carbocycles. The summed E-state index contributed by atoms with van der Waals surface area (Å²) in [7, 11) is 1.54. The third-order valence-electron chi connectivity index (χ3n) is 5.03. The van der Waals surface area contributed by atoms with Gasteiger partial charge in [-0.05, 0) is 29.3 Å². The minimum absolute atomic E-state index is 0.173. The number of aromatic carboxylic acids is 1. The van der Waals surface area contributed by atoms with Crippen LogP contribution in [0.5, 0.6) is 5.75 Å². The highest BCUT2D eigenvalue weighted by Crippen LogP contribution is 2.41. The van der Waals surface area contributed by atoms with E-state index in [9.17, 15) is 9.90 Å². The highest BCUT2D eigenvalue weighted by Gasteiger charge is 2.29. The first-order valence-electron chi connectivity index (χ1n) is 9.76. The van der Waals surface area contributed by atoms with E-state index in [-0.39, 0.29) is 5.56 Å². The van der Waals surface area contributed by atoms with Crippen molar-refractivity contribution in [3.63, 3.8) is 0 Å². The van der Waals surface area contributed by atoms with E-state index in [0.717, 1.165) is 16.8 Å². The Morgan fingerprint density at radius 1 is 1.00 bits per heavy atom. The molecule has 0 radical (unpaired) electrons. The van der Waals surface area contributed by atoms with Crippen molar-refractivity contribution in [3.8, 4) is 5.75 Å². The Hall–Kier alpha value is -4.19. The molecule has 0 bridgehead atoms. The molecule has 0 saturated heterocycles. The molecular formula is C25H21N3O3. The number of rotatable bonds is 7. The zero-order chi connectivity index (χ0) is 21.6. The molecule has 1 aromatic heterocycles. The zero-order valence-electron chi connectivity index (χ0n) is 16.9. The normalized spacial score (nSPS) is 12.4. The maximum atomic E-state index is 12.2. The minimum Gasteiger partial charge on any atom is -0.496 e. The predicted molar refractivity (Wildman–Crippen MR) is 119 cm³/mol. The van der Waals surface area contributed by atoms with E-state index in [2.05, 4.69) is 10.1 Å². The molecular weight excluding hydrogens is 390 g/mol. The first-order valence-corrected chi connectivity index (χ1v) is 9.76. The number of hydrogen-bond acceptors (Lipinski definition) is 4. The van der Waals surface area contributed by atoms with Crippen molar-refractivity contribution in [2.24, 2.45) is 0 Å². The number of carboxylic acids is 1. The number of nitrogens with zero attached hydrogens (tertiary/aromatic N) is 3. The van der Waals surface area contributed by atoms with Crippen LogP contribution in [0.15, 0.2) is 91.5 Å². The summed E-state index contributed by atoms with van der Waals surface area (Å²) in [5, 5.41) is 14.3. The van der Waals surface area contributed by atoms with E-state index < -0.39 is 11.9 Å². The summed E-state index contributed by atoms with van der Waals surface area (Å²) in [6.07, 6.45) is 5.06. The van der Waals surface area contributed by atoms with E-state index in [1.807, 2.05) is 66.7 Å². The monoisotopic (exact) mass is 411 g/mol. The molecule has 1 heterocycles. The van der Waals surface area contributed by atoms with Gasteiger partial charge in [-0.25, -0.2) is 14.5 Å². The lowest BCUT2D eigenvalue weighted by Gasteiger charge is -2.25. The second-order valence-electron chi connectivity index (χ2n) is 6.89. The third-order valence-corrected chi connectivity index (χ3v) is 5.03. The van der Waals surface area contributed by atoms with Gasteiger partial charge in [-0.1, -0.05) is 66.7 Å². The molecule has 0 amide bonds. The van der Waals surface area contributed by atoms with Gasteiger partial charge in [0, 0.05) is 5.56 Å². The Morgan fingerprint density at radius 2 is 1.71 bits per heavy atom. The molecule has 6 nitrogen and oxygen atoms in total. The maximum Gasteiger partial charge on any atom is 0.336 e. The quantitative estimate of drug-likeness (QED) is 0.472. The van der Waals surface area contributed by atoms with Gasteiger partial charge in [-0.3, -0.25) is 0 Å². The average molecular weight is 411 g/mol. The van der Waals surface area contributed by atoms with E-state index >= 15 is 0 Å². The summed E-state index contributed by atoms with van der Waals surface area (Å²) in [5.74, 6) is -0.995. The molecule has 0 spiro atoms. The summed E-state index contributed by atoms with van der Waals surface area (Å²) in [6, 6.07) is 24.6. The largest absolute Gasteiger partial charge is 0.496 e. The molecule has 4 rings (SSSR count). The minimum atomic E-state index is -1.02. The molecule has 154 valence electrons. The number of methoxy groups -OCH3 is 1. The van der Waals surface area contributed by atoms with Gasteiger partial charge in [0.2, 0.25) is 0 Å². The SMILES string of the molecule is COc1cccc(C(=O)O)c1C(/C(=C\c1ccccc1)n1cncn1)c1ccccc1. The Kier molecular flexibility index (Phi) is 5.89. The zero-order valence-corrected chi connectivity index (χ0v) is 16.9. The van der Waals surface area contributed by atoms with Crippen LogP contribution in [-0.4, -0.2) is 33.0 Å². The Bertz CT molecular complexity index is 1190. The first kappa shape index (κ1) is 20.1. The fraction of sp³-hybridized carbons (Fsp3) is 0.0800. The van der Waals surface area contributed by atoms with Gasteiger partial charge in [-0.15, -0.1) is 0 Å². The van der Waals surface area contributed by atoms with Crippen LogP contribution in [0.1, 0.15) is 33.0 Å². The van der Waals surface area contributed by atoms with Crippen LogP contribution >= 0.6 is 0 Å². The molecule has 0 aliphatic carbocycles. The van der Waals surface area contributed by atoms with Gasteiger partial charge in [-0.2, -0.15) is 5.10 Å². The van der Waals surface area contributed by atoms with Crippen molar-refractivity contribution in [3.05, 3.63) is 114 Å². The highest BCUT2D eigenvalue weighted by molar-refractivity contribution is 5.92. The van der Waals surface area contributed by atoms with E-state index in [4.69, 9.17) is 4.74 Å². The summed E-state index contributed by atoms with van der Waals surface area (Å²) >= 11 is 0. The molecule has 0 aliphatic heterocycles. The number of aromatic nitrogens is 3. The second-order valence-corrected chi connectivity index (χ2v) is 6.89. The summed E-state index contributed by atoms with van der Waals surface area (Å²) < 4.78 is 7.29. The van der Waals surface area contributed by atoms with Crippen molar-refractivity contribution in [1.29, 1.82) is 0 Å². The van der Waals surface area contributed by atoms with Gasteiger partial charge < -0.3 is 9.84 Å². The summed E-state index contributed by atoms with van der Waals surface area (Å²) in [4.78, 5) is 16.3. The van der Waals surface area contributed by atoms with Gasteiger partial charge in [0.15, 0.2) is 0 Å². The van der Waals surface area contributed by atoms with Crippen LogP contribution in [0.2, 0.25) is 0 Å². The Labute approximate surface area is 180 Å². The number of hydrogen-bond donors (Lipinski definition) is 1. The standard InChI is InChI=1S/C25H21N3O3/c1-31-22-14-8-13-20(25(29)30)24(22)23(19-11-6-3-7-12-19)21(28-17-26-16-27-28)15-18-9-4-2-5-10-18/h2-17,23H,1H3,(H,29,30)/b21-15+. The number of carboxylic acid groups (broad SMARTS) is 1. The van der Waals surface area contributed by atoms with Gasteiger partial charge in [0.1, 0.15) is 18.4 Å². The van der Waals surface area contributed by atoms with Gasteiger partial charge in [0.05, 0.1) is 24.3 Å². The van der Waals surface area contributed by atoms with E-state index in [0.29, 0.717) is 11.3 Å². The number of carbonyl (C=O) groups is 1. The van der Waals surface area contributed by atoms with Crippen molar-refractivity contribution in [1.82, 2.24) is 14.8 Å². The lowest BCUT2D eigenvalue weighted by molar-refractivity contribution is 0.0695. The highest BCUT2D eigenvalue weighted by atomic mass is 16.5. The third kappa shape index (κ3) is 4.23. The smallest absolute Gasteiger partial charge is 0.336 e. The number of benzene rings is 3.